The number of carbonyl (C=O) groups is 1. The summed E-state index contributed by atoms with van der Waals surface area (Å²) in [5.74, 6) is 0.0922. The van der Waals surface area contributed by atoms with Crippen LogP contribution in [0, 0.1) is 5.92 Å². The number of ether oxygens (including phenoxy) is 1. The maximum absolute atomic E-state index is 12.2. The van der Waals surface area contributed by atoms with Gasteiger partial charge in [-0.25, -0.2) is 8.42 Å². The van der Waals surface area contributed by atoms with Gasteiger partial charge in [-0.3, -0.25) is 9.78 Å². The summed E-state index contributed by atoms with van der Waals surface area (Å²) in [7, 11) is -3.20. The molecule has 1 N–H and O–H groups in total. The number of pyridine rings is 1. The van der Waals surface area contributed by atoms with Gasteiger partial charge in [-0.1, -0.05) is 6.07 Å². The van der Waals surface area contributed by atoms with Gasteiger partial charge >= 0.3 is 0 Å². The van der Waals surface area contributed by atoms with Gasteiger partial charge < -0.3 is 10.1 Å². The van der Waals surface area contributed by atoms with Crippen molar-refractivity contribution in [1.82, 2.24) is 14.6 Å². The molecule has 0 saturated carbocycles. The quantitative estimate of drug-likeness (QED) is 0.843. The summed E-state index contributed by atoms with van der Waals surface area (Å²) in [4.78, 5) is 16.4. The monoisotopic (exact) mass is 339 g/mol. The fourth-order valence-electron chi connectivity index (χ4n) is 3.17. The fourth-order valence-corrected chi connectivity index (χ4v) is 4.02. The maximum Gasteiger partial charge on any atom is 0.249 e. The standard InChI is InChI=1S/C15H21N3O4S/c1-23(20,21)18-7-5-11-8-13(22-14(11)10-18)15(19)17-9-12-4-2-3-6-16-12/h2-4,6,11,13-14H,5,7-10H2,1H3,(H,17,19)/t11-,13-,14-/m0/s1. The average molecular weight is 339 g/mol. The highest BCUT2D eigenvalue weighted by Crippen LogP contribution is 2.34. The van der Waals surface area contributed by atoms with Crippen LogP contribution in [0.15, 0.2) is 24.4 Å². The highest BCUT2D eigenvalue weighted by atomic mass is 32.2. The number of amides is 1. The first-order valence-electron chi connectivity index (χ1n) is 7.71. The lowest BCUT2D eigenvalue weighted by Gasteiger charge is -2.32. The second-order valence-corrected chi connectivity index (χ2v) is 8.09. The number of aromatic nitrogens is 1. The summed E-state index contributed by atoms with van der Waals surface area (Å²) in [5.41, 5.74) is 0.791. The Morgan fingerprint density at radius 3 is 3.00 bits per heavy atom. The van der Waals surface area contributed by atoms with E-state index in [9.17, 15) is 13.2 Å². The number of fused-ring (bicyclic) bond motifs is 1. The van der Waals surface area contributed by atoms with Crippen molar-refractivity contribution >= 4 is 15.9 Å². The predicted octanol–water partition coefficient (Wildman–Crippen LogP) is 0.137. The second-order valence-electron chi connectivity index (χ2n) is 6.11. The van der Waals surface area contributed by atoms with Crippen LogP contribution in [0.1, 0.15) is 18.5 Å². The molecule has 0 radical (unpaired) electrons. The van der Waals surface area contributed by atoms with Crippen molar-refractivity contribution in [3.8, 4) is 0 Å². The molecule has 1 amide bonds. The zero-order valence-corrected chi connectivity index (χ0v) is 13.8. The van der Waals surface area contributed by atoms with Gasteiger partial charge in [0.15, 0.2) is 0 Å². The van der Waals surface area contributed by atoms with E-state index in [0.717, 1.165) is 12.1 Å². The molecular formula is C15H21N3O4S. The Bertz CT molecular complexity index is 665. The van der Waals surface area contributed by atoms with Crippen molar-refractivity contribution in [2.75, 3.05) is 19.3 Å². The van der Waals surface area contributed by atoms with E-state index in [1.807, 2.05) is 18.2 Å². The summed E-state index contributed by atoms with van der Waals surface area (Å²) in [5, 5.41) is 2.83. The van der Waals surface area contributed by atoms with Crippen molar-refractivity contribution in [3.05, 3.63) is 30.1 Å². The van der Waals surface area contributed by atoms with Gasteiger partial charge in [0.2, 0.25) is 15.9 Å². The molecule has 3 atom stereocenters. The number of carbonyl (C=O) groups excluding carboxylic acids is 1. The number of piperidine rings is 1. The van der Waals surface area contributed by atoms with E-state index in [1.54, 1.807) is 6.20 Å². The summed E-state index contributed by atoms with van der Waals surface area (Å²) in [6.07, 6.45) is 3.58. The van der Waals surface area contributed by atoms with Crippen molar-refractivity contribution in [2.24, 2.45) is 5.92 Å². The summed E-state index contributed by atoms with van der Waals surface area (Å²) >= 11 is 0. The molecule has 23 heavy (non-hydrogen) atoms. The van der Waals surface area contributed by atoms with Crippen LogP contribution in [0.4, 0.5) is 0 Å². The van der Waals surface area contributed by atoms with Crippen LogP contribution in [0.25, 0.3) is 0 Å². The summed E-state index contributed by atoms with van der Waals surface area (Å²) in [6, 6.07) is 5.54. The van der Waals surface area contributed by atoms with Crippen LogP contribution in [0.2, 0.25) is 0 Å². The molecule has 0 spiro atoms. The van der Waals surface area contributed by atoms with E-state index < -0.39 is 16.1 Å². The third-order valence-electron chi connectivity index (χ3n) is 4.45. The zero-order chi connectivity index (χ0) is 16.4. The smallest absolute Gasteiger partial charge is 0.249 e. The van der Waals surface area contributed by atoms with Gasteiger partial charge in [0.1, 0.15) is 6.10 Å². The Balaban J connectivity index is 1.54. The number of hydrogen-bond donors (Lipinski definition) is 1. The molecule has 0 bridgehead atoms. The molecule has 7 nitrogen and oxygen atoms in total. The molecule has 2 aliphatic rings. The van der Waals surface area contributed by atoms with Crippen LogP contribution in [0.3, 0.4) is 0 Å². The number of hydrogen-bond acceptors (Lipinski definition) is 5. The third kappa shape index (κ3) is 3.88. The van der Waals surface area contributed by atoms with Gasteiger partial charge in [-0.05, 0) is 30.9 Å². The minimum atomic E-state index is -3.20. The molecule has 8 heteroatoms. The van der Waals surface area contributed by atoms with Crippen LogP contribution < -0.4 is 5.32 Å². The number of rotatable bonds is 4. The Hall–Kier alpha value is -1.51. The Morgan fingerprint density at radius 1 is 1.48 bits per heavy atom. The Morgan fingerprint density at radius 2 is 2.30 bits per heavy atom. The van der Waals surface area contributed by atoms with Gasteiger partial charge in [0.25, 0.3) is 0 Å². The van der Waals surface area contributed by atoms with E-state index in [4.69, 9.17) is 4.74 Å². The topological polar surface area (TPSA) is 88.6 Å². The minimum absolute atomic E-state index is 0.157. The lowest BCUT2D eigenvalue weighted by atomic mass is 9.93. The van der Waals surface area contributed by atoms with E-state index in [-0.39, 0.29) is 17.9 Å². The summed E-state index contributed by atoms with van der Waals surface area (Å²) in [6.45, 7) is 1.21. The van der Waals surface area contributed by atoms with E-state index in [0.29, 0.717) is 26.1 Å². The maximum atomic E-state index is 12.2. The fraction of sp³-hybridized carbons (Fsp3) is 0.600. The van der Waals surface area contributed by atoms with Gasteiger partial charge in [-0.15, -0.1) is 0 Å². The number of nitrogens with one attached hydrogen (secondary N) is 1. The minimum Gasteiger partial charge on any atom is -0.363 e. The van der Waals surface area contributed by atoms with Gasteiger partial charge in [0.05, 0.1) is 24.6 Å². The normalized spacial score (nSPS) is 28.3. The molecule has 2 fully saturated rings. The first kappa shape index (κ1) is 16.4. The highest BCUT2D eigenvalue weighted by molar-refractivity contribution is 7.88. The van der Waals surface area contributed by atoms with E-state index >= 15 is 0 Å². The molecule has 3 heterocycles. The third-order valence-corrected chi connectivity index (χ3v) is 5.72. The predicted molar refractivity (Wildman–Crippen MR) is 83.9 cm³/mol. The Kier molecular flexibility index (Phi) is 4.65. The van der Waals surface area contributed by atoms with Gasteiger partial charge in [-0.2, -0.15) is 4.31 Å². The summed E-state index contributed by atoms with van der Waals surface area (Å²) < 4.78 is 30.5. The van der Waals surface area contributed by atoms with E-state index in [1.165, 1.54) is 10.6 Å². The largest absolute Gasteiger partial charge is 0.363 e. The lowest BCUT2D eigenvalue weighted by Crippen LogP contribution is -2.45. The van der Waals surface area contributed by atoms with Crippen LogP contribution in [-0.2, 0) is 26.1 Å². The first-order valence-corrected chi connectivity index (χ1v) is 9.56. The molecule has 0 aromatic carbocycles. The molecular weight excluding hydrogens is 318 g/mol. The number of sulfonamides is 1. The van der Waals surface area contributed by atoms with Crippen molar-refractivity contribution in [3.63, 3.8) is 0 Å². The lowest BCUT2D eigenvalue weighted by molar-refractivity contribution is -0.132. The molecule has 3 rings (SSSR count). The molecule has 0 aliphatic carbocycles. The zero-order valence-electron chi connectivity index (χ0n) is 13.0. The molecule has 0 unspecified atom stereocenters. The van der Waals surface area contributed by atoms with E-state index in [2.05, 4.69) is 10.3 Å². The van der Waals surface area contributed by atoms with Crippen LogP contribution in [0.5, 0.6) is 0 Å². The first-order chi connectivity index (χ1) is 10.9. The second kappa shape index (κ2) is 6.54. The van der Waals surface area contributed by atoms with Crippen molar-refractivity contribution in [2.45, 2.75) is 31.6 Å². The molecule has 126 valence electrons. The van der Waals surface area contributed by atoms with Crippen molar-refractivity contribution in [1.29, 1.82) is 0 Å². The molecule has 1 aromatic rings. The Labute approximate surface area is 136 Å². The molecule has 2 aliphatic heterocycles. The van der Waals surface area contributed by atoms with Gasteiger partial charge in [0, 0.05) is 19.3 Å². The SMILES string of the molecule is CS(=O)(=O)N1CC[C@H]2C[C@@H](C(=O)NCc3ccccn3)O[C@H]2C1. The van der Waals surface area contributed by atoms with Crippen LogP contribution >= 0.6 is 0 Å². The van der Waals surface area contributed by atoms with Crippen molar-refractivity contribution < 1.29 is 17.9 Å². The number of nitrogens with zero attached hydrogens (tertiary/aromatic N) is 2. The molecule has 2 saturated heterocycles. The molecule has 1 aromatic heterocycles. The average Bonchev–Trinajstić information content (AvgIpc) is 2.96. The highest BCUT2D eigenvalue weighted by Gasteiger charge is 2.43. The van der Waals surface area contributed by atoms with Crippen LogP contribution in [-0.4, -0.2) is 55.2 Å².